The van der Waals surface area contributed by atoms with Crippen LogP contribution in [0.25, 0.3) is 0 Å². The van der Waals surface area contributed by atoms with Crippen LogP contribution in [0.5, 0.6) is 0 Å². The summed E-state index contributed by atoms with van der Waals surface area (Å²) >= 11 is 0. The number of carbonyl (C=O) groups excluding carboxylic acids is 3. The number of Topliss-reactive ketones (excluding diaryl/α,β-unsaturated/α-hetero) is 1. The van der Waals surface area contributed by atoms with Crippen molar-refractivity contribution in [3.8, 4) is 0 Å². The summed E-state index contributed by atoms with van der Waals surface area (Å²) < 4.78 is 6.17. The number of hydrogen-bond acceptors (Lipinski definition) is 5. The third kappa shape index (κ3) is 6.16. The van der Waals surface area contributed by atoms with Gasteiger partial charge in [0.1, 0.15) is 6.10 Å². The lowest BCUT2D eigenvalue weighted by atomic mass is 9.33. The Labute approximate surface area is 313 Å². The number of urea groups is 1. The standard InChI is InChI=1S/C44H70N2O6/c1-26(2)35-30(47)24-44(46-38(51)45-27(3)28-14-12-11-13-15-28)23-22-42(9)29(36(35)44)16-17-32-41(8)20-19-33(52-34(48)25-39(4,5)37(49)50)40(6,7)31(41)18-21-43(32,42)10/h26-29,31-33H,11-25H2,1-10H3,(H,49,50)(H2,45,46,51)/t27-,29?,31?,32?,33+,41+,42-,43-,44-/m1/s1. The maximum atomic E-state index is 14.0. The first-order chi connectivity index (χ1) is 24.1. The van der Waals surface area contributed by atoms with Crippen LogP contribution < -0.4 is 10.6 Å². The molecule has 0 saturated heterocycles. The van der Waals surface area contributed by atoms with Crippen molar-refractivity contribution >= 4 is 23.8 Å². The van der Waals surface area contributed by atoms with Gasteiger partial charge in [0.15, 0.2) is 5.78 Å². The predicted molar refractivity (Wildman–Crippen MR) is 203 cm³/mol. The second-order valence-electron chi connectivity index (χ2n) is 20.8. The molecule has 0 spiro atoms. The number of ether oxygens (including phenoxy) is 1. The van der Waals surface area contributed by atoms with E-state index in [2.05, 4.69) is 66.0 Å². The number of carboxylic acid groups (broad SMARTS) is 1. The summed E-state index contributed by atoms with van der Waals surface area (Å²) in [6, 6.07) is 0.000464. The summed E-state index contributed by atoms with van der Waals surface area (Å²) in [5, 5.41) is 16.5. The first kappa shape index (κ1) is 39.3. The lowest BCUT2D eigenvalue weighted by Gasteiger charge is -2.72. The molecule has 9 atom stereocenters. The molecule has 0 aromatic heterocycles. The van der Waals surface area contributed by atoms with Crippen LogP contribution in [0.15, 0.2) is 11.1 Å². The van der Waals surface area contributed by atoms with Gasteiger partial charge in [-0.15, -0.1) is 0 Å². The Morgan fingerprint density at radius 1 is 0.846 bits per heavy atom. The molecule has 3 unspecified atom stereocenters. The first-order valence-electron chi connectivity index (χ1n) is 20.9. The maximum absolute atomic E-state index is 14.0. The number of nitrogens with one attached hydrogen (secondary N) is 2. The van der Waals surface area contributed by atoms with Crippen LogP contribution in [0.2, 0.25) is 0 Å². The average molecular weight is 723 g/mol. The van der Waals surface area contributed by atoms with E-state index in [0.717, 1.165) is 56.9 Å². The Hall–Kier alpha value is -2.38. The van der Waals surface area contributed by atoms with Crippen LogP contribution >= 0.6 is 0 Å². The summed E-state index contributed by atoms with van der Waals surface area (Å²) in [6.45, 7) is 21.8. The fraction of sp³-hybridized carbons (Fsp3) is 0.864. The number of allylic oxidation sites excluding steroid dienone is 1. The van der Waals surface area contributed by atoms with Gasteiger partial charge in [-0.3, -0.25) is 14.4 Å². The van der Waals surface area contributed by atoms with Crippen molar-refractivity contribution in [2.75, 3.05) is 0 Å². The first-order valence-corrected chi connectivity index (χ1v) is 20.9. The van der Waals surface area contributed by atoms with E-state index >= 15 is 0 Å². The fourth-order valence-corrected chi connectivity index (χ4v) is 13.8. The number of amides is 2. The molecule has 8 heteroatoms. The topological polar surface area (TPSA) is 122 Å². The summed E-state index contributed by atoms with van der Waals surface area (Å²) in [7, 11) is 0. The van der Waals surface area contributed by atoms with Gasteiger partial charge in [-0.05, 0) is 142 Å². The van der Waals surface area contributed by atoms with Crippen LogP contribution in [0, 0.1) is 56.7 Å². The zero-order chi connectivity index (χ0) is 38.2. The molecule has 5 fully saturated rings. The molecule has 6 rings (SSSR count). The van der Waals surface area contributed by atoms with Gasteiger partial charge in [0.2, 0.25) is 0 Å². The van der Waals surface area contributed by atoms with Crippen LogP contribution in [0.3, 0.4) is 0 Å². The van der Waals surface area contributed by atoms with Gasteiger partial charge in [-0.25, -0.2) is 4.79 Å². The number of hydrogen-bond donors (Lipinski definition) is 3. The average Bonchev–Trinajstić information content (AvgIpc) is 3.34. The Bertz CT molecular complexity index is 1490. The van der Waals surface area contributed by atoms with Gasteiger partial charge < -0.3 is 20.5 Å². The number of rotatable bonds is 8. The molecule has 52 heavy (non-hydrogen) atoms. The van der Waals surface area contributed by atoms with E-state index < -0.39 is 22.9 Å². The number of esters is 1. The predicted octanol–water partition coefficient (Wildman–Crippen LogP) is 9.40. The molecule has 0 aromatic rings. The van der Waals surface area contributed by atoms with Gasteiger partial charge in [-0.1, -0.05) is 67.7 Å². The quantitative estimate of drug-likeness (QED) is 0.215. The fourth-order valence-electron chi connectivity index (χ4n) is 13.8. The van der Waals surface area contributed by atoms with Crippen molar-refractivity contribution in [1.29, 1.82) is 0 Å². The Morgan fingerprint density at radius 3 is 2.15 bits per heavy atom. The molecule has 6 aliphatic carbocycles. The number of carbonyl (C=O) groups is 4. The van der Waals surface area contributed by atoms with Crippen LogP contribution in [-0.2, 0) is 19.1 Å². The van der Waals surface area contributed by atoms with Crippen LogP contribution in [0.1, 0.15) is 166 Å². The molecule has 0 heterocycles. The normalized spacial score (nSPS) is 39.5. The minimum Gasteiger partial charge on any atom is -0.481 e. The van der Waals surface area contributed by atoms with E-state index in [1.165, 1.54) is 37.7 Å². The minimum absolute atomic E-state index is 0.0170. The van der Waals surface area contributed by atoms with Crippen molar-refractivity contribution in [2.45, 2.75) is 183 Å². The lowest BCUT2D eigenvalue weighted by Crippen LogP contribution is -2.67. The van der Waals surface area contributed by atoms with Gasteiger partial charge in [0.25, 0.3) is 0 Å². The molecule has 2 amide bonds. The van der Waals surface area contributed by atoms with Gasteiger partial charge >= 0.3 is 18.0 Å². The van der Waals surface area contributed by atoms with E-state index in [9.17, 15) is 24.3 Å². The van der Waals surface area contributed by atoms with Gasteiger partial charge in [0.05, 0.1) is 17.4 Å². The number of carboxylic acids is 1. The number of fused-ring (bicyclic) bond motifs is 7. The van der Waals surface area contributed by atoms with E-state index in [0.29, 0.717) is 24.2 Å². The van der Waals surface area contributed by atoms with E-state index in [1.807, 2.05) is 0 Å². The smallest absolute Gasteiger partial charge is 0.315 e. The third-order valence-electron chi connectivity index (χ3n) is 16.9. The second kappa shape index (κ2) is 13.4. The molecular weight excluding hydrogens is 652 g/mol. The molecule has 5 saturated carbocycles. The highest BCUT2D eigenvalue weighted by atomic mass is 16.5. The highest BCUT2D eigenvalue weighted by Gasteiger charge is 2.70. The Kier molecular flexibility index (Phi) is 10.2. The molecular formula is C44H70N2O6. The van der Waals surface area contributed by atoms with Crippen LogP contribution in [0.4, 0.5) is 4.79 Å². The Balaban J connectivity index is 1.25. The van der Waals surface area contributed by atoms with Crippen LogP contribution in [-0.4, -0.2) is 46.5 Å². The third-order valence-corrected chi connectivity index (χ3v) is 16.9. The van der Waals surface area contributed by atoms with Crippen molar-refractivity contribution in [1.82, 2.24) is 10.6 Å². The monoisotopic (exact) mass is 723 g/mol. The van der Waals surface area contributed by atoms with E-state index in [1.54, 1.807) is 13.8 Å². The number of ketones is 1. The molecule has 292 valence electrons. The largest absolute Gasteiger partial charge is 0.481 e. The summed E-state index contributed by atoms with van der Waals surface area (Å²) in [6.07, 6.45) is 13.9. The molecule has 6 aliphatic rings. The number of aliphatic carboxylic acids is 1. The molecule has 8 nitrogen and oxygen atoms in total. The van der Waals surface area contributed by atoms with Crippen molar-refractivity contribution in [3.05, 3.63) is 11.1 Å². The molecule has 0 aliphatic heterocycles. The molecule has 0 radical (unpaired) electrons. The zero-order valence-electron chi connectivity index (χ0n) is 34.1. The maximum Gasteiger partial charge on any atom is 0.315 e. The van der Waals surface area contributed by atoms with E-state index in [-0.39, 0.29) is 63.9 Å². The summed E-state index contributed by atoms with van der Waals surface area (Å²) in [4.78, 5) is 52.7. The highest BCUT2D eigenvalue weighted by molar-refractivity contribution is 6.02. The van der Waals surface area contributed by atoms with Gasteiger partial charge in [0, 0.05) is 17.9 Å². The Morgan fingerprint density at radius 2 is 1.52 bits per heavy atom. The minimum atomic E-state index is -1.16. The van der Waals surface area contributed by atoms with E-state index in [4.69, 9.17) is 4.74 Å². The summed E-state index contributed by atoms with van der Waals surface area (Å²) in [5.41, 5.74) is 0.324. The van der Waals surface area contributed by atoms with Gasteiger partial charge in [-0.2, -0.15) is 0 Å². The SMILES string of the molecule is CC(C)C1=C2C3CCC4[C@@]5(C)CC[C@H](OC(=O)CC(C)(C)C(=O)O)C(C)(C)C5CC[C@@]4(C)[C@]3(C)CC[C@@]2(NC(=O)N[C@H](C)C2CCCCC2)CC1=O. The zero-order valence-corrected chi connectivity index (χ0v) is 34.1. The van der Waals surface area contributed by atoms with Crippen molar-refractivity contribution in [3.63, 3.8) is 0 Å². The van der Waals surface area contributed by atoms with Crippen molar-refractivity contribution in [2.24, 2.45) is 56.7 Å². The lowest BCUT2D eigenvalue weighted by molar-refractivity contribution is -0.232. The van der Waals surface area contributed by atoms with Crippen molar-refractivity contribution < 1.29 is 29.0 Å². The molecule has 0 aromatic carbocycles. The summed E-state index contributed by atoms with van der Waals surface area (Å²) in [5.74, 6) is 0.538. The molecule has 3 N–H and O–H groups in total. The highest BCUT2D eigenvalue weighted by Crippen LogP contribution is 2.76. The second-order valence-corrected chi connectivity index (χ2v) is 20.8. The molecule has 0 bridgehead atoms.